The minimum absolute atomic E-state index is 0. The van der Waals surface area contributed by atoms with Crippen LogP contribution in [0.3, 0.4) is 0 Å². The zero-order valence-corrected chi connectivity index (χ0v) is 11.6. The van der Waals surface area contributed by atoms with Gasteiger partial charge >= 0.3 is 0 Å². The van der Waals surface area contributed by atoms with Crippen molar-refractivity contribution in [1.29, 1.82) is 0 Å². The summed E-state index contributed by atoms with van der Waals surface area (Å²) in [7, 11) is 0. The van der Waals surface area contributed by atoms with E-state index in [1.165, 1.54) is 36.8 Å². The molecule has 0 spiro atoms. The SMILES string of the molecule is C.C.C.CCCCCC.CCc1ccccc1CC. The van der Waals surface area contributed by atoms with Crippen molar-refractivity contribution in [3.8, 4) is 0 Å². The first-order valence-corrected chi connectivity index (χ1v) is 6.86. The van der Waals surface area contributed by atoms with E-state index in [0.29, 0.717) is 0 Å². The first-order chi connectivity index (χ1) is 7.79. The van der Waals surface area contributed by atoms with E-state index in [2.05, 4.69) is 52.0 Å². The zero-order valence-electron chi connectivity index (χ0n) is 11.6. The number of hydrogen-bond acceptors (Lipinski definition) is 0. The van der Waals surface area contributed by atoms with Crippen LogP contribution in [0, 0.1) is 0 Å². The summed E-state index contributed by atoms with van der Waals surface area (Å²) in [5.74, 6) is 0. The number of hydrogen-bond donors (Lipinski definition) is 0. The first-order valence-electron chi connectivity index (χ1n) is 6.86. The van der Waals surface area contributed by atoms with Crippen LogP contribution >= 0.6 is 0 Å². The standard InChI is InChI=1S/C10H14.C6H14.3CH4/c1-3-9-7-5-6-8-10(9)4-2;1-3-5-6-4-2;;;/h5-8H,3-4H2,1-2H3;3-6H2,1-2H3;3*1H4. The van der Waals surface area contributed by atoms with E-state index < -0.39 is 0 Å². The van der Waals surface area contributed by atoms with Crippen molar-refractivity contribution in [1.82, 2.24) is 0 Å². The largest absolute Gasteiger partial charge is 0.0776 e. The molecule has 0 radical (unpaired) electrons. The molecular weight excluding hydrogens is 228 g/mol. The van der Waals surface area contributed by atoms with Gasteiger partial charge in [-0.2, -0.15) is 0 Å². The van der Waals surface area contributed by atoms with E-state index in [1.807, 2.05) is 0 Å². The van der Waals surface area contributed by atoms with Crippen molar-refractivity contribution in [3.05, 3.63) is 35.4 Å². The van der Waals surface area contributed by atoms with Gasteiger partial charge in [0.25, 0.3) is 0 Å². The second kappa shape index (κ2) is 19.6. The summed E-state index contributed by atoms with van der Waals surface area (Å²) in [5.41, 5.74) is 2.98. The van der Waals surface area contributed by atoms with Gasteiger partial charge in [0, 0.05) is 0 Å². The summed E-state index contributed by atoms with van der Waals surface area (Å²) >= 11 is 0. The Morgan fingerprint density at radius 1 is 0.632 bits per heavy atom. The average Bonchev–Trinajstić information content (AvgIpc) is 2.36. The molecule has 1 rings (SSSR count). The van der Waals surface area contributed by atoms with Gasteiger partial charge in [0.2, 0.25) is 0 Å². The number of aryl methyl sites for hydroxylation is 2. The van der Waals surface area contributed by atoms with E-state index in [-0.39, 0.29) is 22.3 Å². The Morgan fingerprint density at radius 3 is 1.16 bits per heavy atom. The van der Waals surface area contributed by atoms with Crippen LogP contribution in [-0.2, 0) is 12.8 Å². The Balaban J connectivity index is -0.000000112. The molecule has 0 heteroatoms. The van der Waals surface area contributed by atoms with Crippen LogP contribution in [-0.4, -0.2) is 0 Å². The van der Waals surface area contributed by atoms with Gasteiger partial charge in [-0.25, -0.2) is 0 Å². The quantitative estimate of drug-likeness (QED) is 0.491. The fourth-order valence-electron chi connectivity index (χ4n) is 1.75. The highest BCUT2D eigenvalue weighted by molar-refractivity contribution is 5.26. The molecule has 0 aliphatic rings. The van der Waals surface area contributed by atoms with Crippen LogP contribution in [0.2, 0.25) is 0 Å². The molecule has 0 bridgehead atoms. The molecule has 0 aliphatic carbocycles. The molecule has 0 amide bonds. The zero-order chi connectivity index (χ0) is 12.2. The van der Waals surface area contributed by atoms with E-state index in [0.717, 1.165) is 12.8 Å². The van der Waals surface area contributed by atoms with Gasteiger partial charge in [0.05, 0.1) is 0 Å². The summed E-state index contributed by atoms with van der Waals surface area (Å²) in [6.45, 7) is 8.87. The molecule has 0 saturated carbocycles. The highest BCUT2D eigenvalue weighted by Gasteiger charge is 1.93. The van der Waals surface area contributed by atoms with Crippen LogP contribution < -0.4 is 0 Å². The molecule has 0 fully saturated rings. The second-order valence-electron chi connectivity index (χ2n) is 4.18. The number of rotatable bonds is 5. The van der Waals surface area contributed by atoms with Gasteiger partial charge in [-0.3, -0.25) is 0 Å². The summed E-state index contributed by atoms with van der Waals surface area (Å²) in [6.07, 6.45) is 7.85. The average molecular weight is 269 g/mol. The predicted octanol–water partition coefficient (Wildman–Crippen LogP) is 7.31. The van der Waals surface area contributed by atoms with E-state index in [9.17, 15) is 0 Å². The summed E-state index contributed by atoms with van der Waals surface area (Å²) in [4.78, 5) is 0. The lowest BCUT2D eigenvalue weighted by molar-refractivity contribution is 0.702. The fraction of sp³-hybridized carbons (Fsp3) is 0.684. The van der Waals surface area contributed by atoms with Crippen molar-refractivity contribution in [3.63, 3.8) is 0 Å². The fourth-order valence-corrected chi connectivity index (χ4v) is 1.75. The molecule has 1 aromatic rings. The minimum Gasteiger partial charge on any atom is -0.0776 e. The van der Waals surface area contributed by atoms with Gasteiger partial charge < -0.3 is 0 Å². The van der Waals surface area contributed by atoms with E-state index in [1.54, 1.807) is 0 Å². The highest BCUT2D eigenvalue weighted by Crippen LogP contribution is 2.08. The molecule has 0 aromatic heterocycles. The van der Waals surface area contributed by atoms with Crippen molar-refractivity contribution in [2.24, 2.45) is 0 Å². The first kappa shape index (κ1) is 26.7. The molecule has 0 saturated heterocycles. The normalized spacial score (nSPS) is 8.00. The monoisotopic (exact) mass is 268 g/mol. The van der Waals surface area contributed by atoms with Crippen LogP contribution in [0.5, 0.6) is 0 Å². The maximum Gasteiger partial charge on any atom is -0.0305 e. The Morgan fingerprint density at radius 2 is 0.947 bits per heavy atom. The maximum absolute atomic E-state index is 2.23. The molecule has 0 nitrogen and oxygen atoms in total. The number of unbranched alkanes of at least 4 members (excludes halogenated alkanes) is 3. The Kier molecular flexibility index (Phi) is 27.5. The molecular formula is C19H40. The smallest absolute Gasteiger partial charge is 0.0305 e. The molecule has 116 valence electrons. The van der Waals surface area contributed by atoms with Crippen molar-refractivity contribution in [2.45, 2.75) is 88.5 Å². The van der Waals surface area contributed by atoms with Crippen LogP contribution in [0.15, 0.2) is 24.3 Å². The van der Waals surface area contributed by atoms with E-state index in [4.69, 9.17) is 0 Å². The van der Waals surface area contributed by atoms with Crippen molar-refractivity contribution >= 4 is 0 Å². The molecule has 0 N–H and O–H groups in total. The summed E-state index contributed by atoms with van der Waals surface area (Å²) in [6, 6.07) is 8.63. The third kappa shape index (κ3) is 13.5. The van der Waals surface area contributed by atoms with Gasteiger partial charge in [0.15, 0.2) is 0 Å². The Bertz CT molecular complexity index is 223. The van der Waals surface area contributed by atoms with Gasteiger partial charge in [-0.1, -0.05) is 99.9 Å². The van der Waals surface area contributed by atoms with Crippen molar-refractivity contribution in [2.75, 3.05) is 0 Å². The predicted molar refractivity (Wildman–Crippen MR) is 95.2 cm³/mol. The number of benzene rings is 1. The third-order valence-corrected chi connectivity index (χ3v) is 2.84. The topological polar surface area (TPSA) is 0 Å². The Hall–Kier alpha value is -0.780. The molecule has 0 unspecified atom stereocenters. The van der Waals surface area contributed by atoms with E-state index >= 15 is 0 Å². The summed E-state index contributed by atoms with van der Waals surface area (Å²) in [5, 5.41) is 0. The van der Waals surface area contributed by atoms with Gasteiger partial charge in [-0.15, -0.1) is 0 Å². The molecule has 0 aliphatic heterocycles. The highest BCUT2D eigenvalue weighted by atomic mass is 14.0. The lowest BCUT2D eigenvalue weighted by Crippen LogP contribution is -1.88. The minimum atomic E-state index is 0. The second-order valence-corrected chi connectivity index (χ2v) is 4.18. The molecule has 0 atom stereocenters. The summed E-state index contributed by atoms with van der Waals surface area (Å²) < 4.78 is 0. The van der Waals surface area contributed by atoms with Crippen LogP contribution in [0.25, 0.3) is 0 Å². The Labute approximate surface area is 124 Å². The lowest BCUT2D eigenvalue weighted by atomic mass is 10.0. The maximum atomic E-state index is 2.23. The molecule has 19 heavy (non-hydrogen) atoms. The van der Waals surface area contributed by atoms with Gasteiger partial charge in [-0.05, 0) is 24.0 Å². The lowest BCUT2D eigenvalue weighted by Gasteiger charge is -2.02. The molecule has 1 aromatic carbocycles. The van der Waals surface area contributed by atoms with Crippen LogP contribution in [0.1, 0.15) is 86.8 Å². The van der Waals surface area contributed by atoms with Crippen LogP contribution in [0.4, 0.5) is 0 Å². The van der Waals surface area contributed by atoms with Crippen molar-refractivity contribution < 1.29 is 0 Å². The third-order valence-electron chi connectivity index (χ3n) is 2.84. The molecule has 0 heterocycles. The van der Waals surface area contributed by atoms with Gasteiger partial charge in [0.1, 0.15) is 0 Å².